The Morgan fingerprint density at radius 3 is 2.35 bits per heavy atom. The van der Waals surface area contributed by atoms with Crippen LogP contribution in [0.15, 0.2) is 35.0 Å². The molecular formula is C20H17N3O3. The van der Waals surface area contributed by atoms with E-state index in [2.05, 4.69) is 15.6 Å². The molecule has 2 aromatic carbocycles. The lowest BCUT2D eigenvalue weighted by atomic mass is 9.83. The number of rotatable bonds is 2. The Hall–Kier alpha value is -3.02. The number of nitrogens with zero attached hydrogens (tertiary/aromatic N) is 2. The van der Waals surface area contributed by atoms with Crippen molar-refractivity contribution in [2.24, 2.45) is 0 Å². The van der Waals surface area contributed by atoms with Crippen molar-refractivity contribution in [2.75, 3.05) is 5.32 Å². The molecule has 3 aromatic rings. The molecule has 1 saturated carbocycles. The predicted molar refractivity (Wildman–Crippen MR) is 95.6 cm³/mol. The molecular weight excluding hydrogens is 330 g/mol. The highest BCUT2D eigenvalue weighted by Crippen LogP contribution is 2.36. The van der Waals surface area contributed by atoms with Gasteiger partial charge in [-0.1, -0.05) is 43.5 Å². The summed E-state index contributed by atoms with van der Waals surface area (Å²) in [6, 6.07) is 8.97. The number of carbonyl (C=O) groups is 2. The van der Waals surface area contributed by atoms with Crippen molar-refractivity contribution in [3.8, 4) is 0 Å². The minimum atomic E-state index is -0.208. The molecule has 1 aromatic heterocycles. The number of fused-ring (bicyclic) bond motifs is 4. The van der Waals surface area contributed by atoms with Gasteiger partial charge in [0.15, 0.2) is 17.1 Å². The van der Waals surface area contributed by atoms with Crippen LogP contribution in [-0.2, 0) is 0 Å². The number of benzene rings is 2. The fourth-order valence-electron chi connectivity index (χ4n) is 4.09. The summed E-state index contributed by atoms with van der Waals surface area (Å²) in [5, 5.41) is 11.4. The molecule has 0 bridgehead atoms. The van der Waals surface area contributed by atoms with Gasteiger partial charge in [0.25, 0.3) is 0 Å². The molecule has 26 heavy (non-hydrogen) atoms. The summed E-state index contributed by atoms with van der Waals surface area (Å²) in [7, 11) is 0. The Morgan fingerprint density at radius 1 is 0.885 bits per heavy atom. The highest BCUT2D eigenvalue weighted by atomic mass is 16.6. The van der Waals surface area contributed by atoms with Gasteiger partial charge in [-0.15, -0.1) is 0 Å². The first-order valence-corrected chi connectivity index (χ1v) is 8.98. The van der Waals surface area contributed by atoms with Gasteiger partial charge in [0, 0.05) is 22.7 Å². The molecule has 1 heterocycles. The molecule has 0 atom stereocenters. The van der Waals surface area contributed by atoms with Gasteiger partial charge in [0.1, 0.15) is 5.52 Å². The molecule has 0 aliphatic heterocycles. The highest BCUT2D eigenvalue weighted by molar-refractivity contribution is 6.32. The number of ketones is 2. The molecule has 0 spiro atoms. The first-order chi connectivity index (χ1) is 12.7. The third-order valence-corrected chi connectivity index (χ3v) is 5.39. The van der Waals surface area contributed by atoms with E-state index in [1.165, 1.54) is 19.3 Å². The minimum Gasteiger partial charge on any atom is -0.380 e. The summed E-state index contributed by atoms with van der Waals surface area (Å²) < 4.78 is 4.93. The standard InChI is InChI=1S/C20H17N3O3/c24-19-12-8-4-5-9-13(12)20(25)16-14(19)10-15(17-18(16)23-26-22-17)21-11-6-2-1-3-7-11/h4-5,8-11,21H,1-3,6-7H2. The average Bonchev–Trinajstić information content (AvgIpc) is 3.17. The van der Waals surface area contributed by atoms with Crippen molar-refractivity contribution in [3.05, 3.63) is 52.6 Å². The highest BCUT2D eigenvalue weighted by Gasteiger charge is 2.34. The molecule has 130 valence electrons. The number of anilines is 1. The van der Waals surface area contributed by atoms with Crippen molar-refractivity contribution >= 4 is 28.3 Å². The SMILES string of the molecule is O=C1c2ccccc2C(=O)c2c1cc(NC1CCCCC1)c1nonc21. The van der Waals surface area contributed by atoms with Gasteiger partial charge in [0.05, 0.1) is 11.3 Å². The van der Waals surface area contributed by atoms with E-state index in [0.29, 0.717) is 45.0 Å². The van der Waals surface area contributed by atoms with Gasteiger partial charge in [-0.25, -0.2) is 4.63 Å². The van der Waals surface area contributed by atoms with Gasteiger partial charge in [-0.2, -0.15) is 0 Å². The molecule has 0 radical (unpaired) electrons. The summed E-state index contributed by atoms with van der Waals surface area (Å²) in [6.45, 7) is 0. The van der Waals surface area contributed by atoms with Crippen LogP contribution in [0.25, 0.3) is 11.0 Å². The third-order valence-electron chi connectivity index (χ3n) is 5.39. The molecule has 0 saturated heterocycles. The second kappa shape index (κ2) is 5.76. The smallest absolute Gasteiger partial charge is 0.196 e. The number of hydrogen-bond acceptors (Lipinski definition) is 6. The maximum Gasteiger partial charge on any atom is 0.196 e. The van der Waals surface area contributed by atoms with Gasteiger partial charge in [0.2, 0.25) is 0 Å². The first kappa shape index (κ1) is 15.3. The molecule has 2 aliphatic rings. The number of hydrogen-bond donors (Lipinski definition) is 1. The lowest BCUT2D eigenvalue weighted by Crippen LogP contribution is -2.24. The average molecular weight is 347 g/mol. The summed E-state index contributed by atoms with van der Waals surface area (Å²) >= 11 is 0. The van der Waals surface area contributed by atoms with Crippen LogP contribution in [0, 0.1) is 0 Å². The molecule has 2 aliphatic carbocycles. The predicted octanol–water partition coefficient (Wildman–Crippen LogP) is 3.74. The summed E-state index contributed by atoms with van der Waals surface area (Å²) in [4.78, 5) is 26.0. The molecule has 0 amide bonds. The van der Waals surface area contributed by atoms with E-state index in [4.69, 9.17) is 4.63 Å². The van der Waals surface area contributed by atoms with Crippen molar-refractivity contribution in [1.29, 1.82) is 0 Å². The van der Waals surface area contributed by atoms with Gasteiger partial charge >= 0.3 is 0 Å². The monoisotopic (exact) mass is 347 g/mol. The van der Waals surface area contributed by atoms with E-state index in [0.717, 1.165) is 12.8 Å². The van der Waals surface area contributed by atoms with E-state index >= 15 is 0 Å². The van der Waals surface area contributed by atoms with Crippen molar-refractivity contribution in [1.82, 2.24) is 10.3 Å². The van der Waals surface area contributed by atoms with Crippen LogP contribution in [0.4, 0.5) is 5.69 Å². The van der Waals surface area contributed by atoms with E-state index < -0.39 is 0 Å². The Balaban J connectivity index is 1.68. The fraction of sp³-hybridized carbons (Fsp3) is 0.300. The summed E-state index contributed by atoms with van der Waals surface area (Å²) in [6.07, 6.45) is 5.80. The van der Waals surface area contributed by atoms with Gasteiger partial charge < -0.3 is 5.32 Å². The molecule has 0 unspecified atom stereocenters. The Labute approximate surface area is 149 Å². The van der Waals surface area contributed by atoms with E-state index in [1.807, 2.05) is 0 Å². The largest absolute Gasteiger partial charge is 0.380 e. The molecule has 6 heteroatoms. The van der Waals surface area contributed by atoms with Crippen molar-refractivity contribution in [3.63, 3.8) is 0 Å². The zero-order valence-electron chi connectivity index (χ0n) is 14.1. The lowest BCUT2D eigenvalue weighted by Gasteiger charge is -2.25. The van der Waals surface area contributed by atoms with E-state index in [1.54, 1.807) is 30.3 Å². The zero-order chi connectivity index (χ0) is 17.7. The second-order valence-electron chi connectivity index (χ2n) is 6.99. The quantitative estimate of drug-likeness (QED) is 0.594. The molecule has 1 N–H and O–H groups in total. The van der Waals surface area contributed by atoms with Crippen LogP contribution in [0.2, 0.25) is 0 Å². The Bertz CT molecular complexity index is 1050. The maximum atomic E-state index is 13.0. The van der Waals surface area contributed by atoms with Crippen LogP contribution in [0.5, 0.6) is 0 Å². The molecule has 5 rings (SSSR count). The zero-order valence-corrected chi connectivity index (χ0v) is 14.1. The number of aromatic nitrogens is 2. The molecule has 1 fully saturated rings. The summed E-state index contributed by atoms with van der Waals surface area (Å²) in [5.41, 5.74) is 3.08. The maximum absolute atomic E-state index is 13.0. The van der Waals surface area contributed by atoms with Crippen LogP contribution in [0.1, 0.15) is 63.9 Å². The third kappa shape index (κ3) is 2.18. The minimum absolute atomic E-state index is 0.160. The van der Waals surface area contributed by atoms with Crippen molar-refractivity contribution in [2.45, 2.75) is 38.1 Å². The fourth-order valence-corrected chi connectivity index (χ4v) is 4.09. The van der Waals surface area contributed by atoms with Crippen LogP contribution >= 0.6 is 0 Å². The van der Waals surface area contributed by atoms with Crippen LogP contribution in [-0.4, -0.2) is 27.9 Å². The van der Waals surface area contributed by atoms with E-state index in [-0.39, 0.29) is 11.6 Å². The normalized spacial score (nSPS) is 17.2. The topological polar surface area (TPSA) is 85.1 Å². The lowest BCUT2D eigenvalue weighted by molar-refractivity contribution is 0.0980. The Morgan fingerprint density at radius 2 is 1.58 bits per heavy atom. The molecule has 6 nitrogen and oxygen atoms in total. The van der Waals surface area contributed by atoms with Crippen LogP contribution < -0.4 is 5.32 Å². The van der Waals surface area contributed by atoms with Gasteiger partial charge in [-0.05, 0) is 29.2 Å². The number of carbonyl (C=O) groups excluding carboxylic acids is 2. The summed E-state index contributed by atoms with van der Waals surface area (Å²) in [5.74, 6) is -0.369. The van der Waals surface area contributed by atoms with Gasteiger partial charge in [-0.3, -0.25) is 9.59 Å². The van der Waals surface area contributed by atoms with Crippen molar-refractivity contribution < 1.29 is 14.2 Å². The van der Waals surface area contributed by atoms with Crippen LogP contribution in [0.3, 0.4) is 0 Å². The second-order valence-corrected chi connectivity index (χ2v) is 6.99. The van der Waals surface area contributed by atoms with E-state index in [9.17, 15) is 9.59 Å². The Kier molecular flexibility index (Phi) is 3.38. The first-order valence-electron chi connectivity index (χ1n) is 8.98. The number of nitrogens with one attached hydrogen (secondary N) is 1.